The molecule has 0 heterocycles. The molecule has 0 N–H and O–H groups in total. The standard InChI is InChI=1S/C14H16O2/c1-8-11-9(12(16)13(8,2)3)6-14(4-5-14)7-10(11)15/h6H,4-5,7H2,1-3H3. The molecule has 84 valence electrons. The Bertz CT molecular complexity index is 485. The first-order chi connectivity index (χ1) is 7.37. The van der Waals surface area contributed by atoms with Crippen LogP contribution in [-0.4, -0.2) is 11.6 Å². The van der Waals surface area contributed by atoms with Crippen LogP contribution in [0.15, 0.2) is 22.8 Å². The van der Waals surface area contributed by atoms with Gasteiger partial charge in [0, 0.05) is 23.0 Å². The molecule has 0 atom stereocenters. The molecule has 2 heteroatoms. The van der Waals surface area contributed by atoms with Crippen LogP contribution in [0.1, 0.15) is 40.0 Å². The number of allylic oxidation sites excluding steroid dienone is 4. The second-order valence-electron chi connectivity index (χ2n) is 5.97. The molecule has 1 fully saturated rings. The number of rotatable bonds is 0. The fourth-order valence-electron chi connectivity index (χ4n) is 2.88. The molecule has 0 aliphatic heterocycles. The Labute approximate surface area is 95.4 Å². The molecule has 1 saturated carbocycles. The molecule has 0 aromatic heterocycles. The molecule has 0 aromatic carbocycles. The van der Waals surface area contributed by atoms with Crippen LogP contribution < -0.4 is 0 Å². The maximum Gasteiger partial charge on any atom is 0.172 e. The summed E-state index contributed by atoms with van der Waals surface area (Å²) >= 11 is 0. The summed E-state index contributed by atoms with van der Waals surface area (Å²) in [5.41, 5.74) is 2.00. The molecule has 16 heavy (non-hydrogen) atoms. The van der Waals surface area contributed by atoms with Crippen LogP contribution in [0.3, 0.4) is 0 Å². The molecule has 0 saturated heterocycles. The van der Waals surface area contributed by atoms with E-state index in [1.54, 1.807) is 0 Å². The highest BCUT2D eigenvalue weighted by atomic mass is 16.1. The Balaban J connectivity index is 2.23. The summed E-state index contributed by atoms with van der Waals surface area (Å²) in [4.78, 5) is 24.4. The minimum absolute atomic E-state index is 0.0618. The van der Waals surface area contributed by atoms with Crippen molar-refractivity contribution in [3.63, 3.8) is 0 Å². The van der Waals surface area contributed by atoms with Crippen LogP contribution in [0, 0.1) is 10.8 Å². The van der Waals surface area contributed by atoms with E-state index in [1.165, 1.54) is 0 Å². The normalized spacial score (nSPS) is 29.6. The first-order valence-electron chi connectivity index (χ1n) is 5.90. The van der Waals surface area contributed by atoms with E-state index in [1.807, 2.05) is 20.8 Å². The summed E-state index contributed by atoms with van der Waals surface area (Å²) in [6.07, 6.45) is 4.85. The van der Waals surface area contributed by atoms with Crippen LogP contribution in [0.2, 0.25) is 0 Å². The number of Topliss-reactive ketones (excluding diaryl/α,β-unsaturated/α-hetero) is 2. The highest BCUT2D eigenvalue weighted by Gasteiger charge is 2.52. The molecule has 0 bridgehead atoms. The van der Waals surface area contributed by atoms with E-state index in [9.17, 15) is 9.59 Å². The number of fused-ring (bicyclic) bond motifs is 1. The van der Waals surface area contributed by atoms with Gasteiger partial charge < -0.3 is 0 Å². The zero-order valence-electron chi connectivity index (χ0n) is 10.0. The van der Waals surface area contributed by atoms with Crippen molar-refractivity contribution in [2.24, 2.45) is 10.8 Å². The van der Waals surface area contributed by atoms with Gasteiger partial charge in [-0.2, -0.15) is 0 Å². The van der Waals surface area contributed by atoms with Crippen molar-refractivity contribution < 1.29 is 9.59 Å². The summed E-state index contributed by atoms with van der Waals surface area (Å²) < 4.78 is 0. The van der Waals surface area contributed by atoms with Gasteiger partial charge in [0.05, 0.1) is 0 Å². The SMILES string of the molecule is CC1=C2C(=O)CC3(C=C2C(=O)C1(C)C)CC3. The first kappa shape index (κ1) is 10.0. The summed E-state index contributed by atoms with van der Waals surface area (Å²) in [6.45, 7) is 5.77. The fourth-order valence-corrected chi connectivity index (χ4v) is 2.88. The van der Waals surface area contributed by atoms with Gasteiger partial charge in [0.2, 0.25) is 0 Å². The van der Waals surface area contributed by atoms with Crippen molar-refractivity contribution >= 4 is 11.6 Å². The van der Waals surface area contributed by atoms with Crippen molar-refractivity contribution in [3.8, 4) is 0 Å². The minimum atomic E-state index is -0.475. The second kappa shape index (κ2) is 2.55. The maximum atomic E-state index is 12.3. The summed E-state index contributed by atoms with van der Waals surface area (Å²) in [7, 11) is 0. The summed E-state index contributed by atoms with van der Waals surface area (Å²) in [6, 6.07) is 0. The Kier molecular flexibility index (Phi) is 1.60. The highest BCUT2D eigenvalue weighted by Crippen LogP contribution is 2.57. The number of carbonyl (C=O) groups excluding carboxylic acids is 2. The molecular weight excluding hydrogens is 200 g/mol. The van der Waals surface area contributed by atoms with Gasteiger partial charge in [0.15, 0.2) is 11.6 Å². The molecule has 0 unspecified atom stereocenters. The van der Waals surface area contributed by atoms with Crippen molar-refractivity contribution in [1.29, 1.82) is 0 Å². The van der Waals surface area contributed by atoms with Crippen molar-refractivity contribution in [3.05, 3.63) is 22.8 Å². The largest absolute Gasteiger partial charge is 0.294 e. The van der Waals surface area contributed by atoms with Crippen molar-refractivity contribution in [2.75, 3.05) is 0 Å². The van der Waals surface area contributed by atoms with Crippen LogP contribution in [-0.2, 0) is 9.59 Å². The lowest BCUT2D eigenvalue weighted by Gasteiger charge is -2.18. The lowest BCUT2D eigenvalue weighted by atomic mass is 9.83. The topological polar surface area (TPSA) is 34.1 Å². The van der Waals surface area contributed by atoms with E-state index in [0.717, 1.165) is 29.6 Å². The molecule has 3 aliphatic carbocycles. The van der Waals surface area contributed by atoms with E-state index in [4.69, 9.17) is 0 Å². The number of hydrogen-bond acceptors (Lipinski definition) is 2. The first-order valence-corrected chi connectivity index (χ1v) is 5.90. The van der Waals surface area contributed by atoms with Gasteiger partial charge in [-0.3, -0.25) is 9.59 Å². The Morgan fingerprint density at radius 3 is 2.38 bits per heavy atom. The summed E-state index contributed by atoms with van der Waals surface area (Å²) in [5.74, 6) is 0.325. The Morgan fingerprint density at radius 1 is 1.19 bits per heavy atom. The highest BCUT2D eigenvalue weighted by molar-refractivity contribution is 6.21. The van der Waals surface area contributed by atoms with Gasteiger partial charge in [-0.25, -0.2) is 0 Å². The zero-order valence-corrected chi connectivity index (χ0v) is 10.0. The van der Waals surface area contributed by atoms with E-state index in [2.05, 4.69) is 6.08 Å². The quantitative estimate of drug-likeness (QED) is 0.623. The third-order valence-corrected chi connectivity index (χ3v) is 4.53. The van der Waals surface area contributed by atoms with E-state index in [-0.39, 0.29) is 17.0 Å². The van der Waals surface area contributed by atoms with Gasteiger partial charge >= 0.3 is 0 Å². The molecule has 3 rings (SSSR count). The average Bonchev–Trinajstić information content (AvgIpc) is 2.90. The van der Waals surface area contributed by atoms with Crippen molar-refractivity contribution in [1.82, 2.24) is 0 Å². The predicted molar refractivity (Wildman–Crippen MR) is 60.9 cm³/mol. The lowest BCUT2D eigenvalue weighted by molar-refractivity contribution is -0.121. The van der Waals surface area contributed by atoms with E-state index >= 15 is 0 Å². The Hall–Kier alpha value is -1.18. The predicted octanol–water partition coefficient (Wildman–Crippen LogP) is 2.59. The third kappa shape index (κ3) is 1.02. The molecule has 0 aromatic rings. The van der Waals surface area contributed by atoms with E-state index < -0.39 is 5.41 Å². The Morgan fingerprint density at radius 2 is 1.81 bits per heavy atom. The molecule has 0 amide bonds. The monoisotopic (exact) mass is 216 g/mol. The second-order valence-corrected chi connectivity index (χ2v) is 5.97. The lowest BCUT2D eigenvalue weighted by Crippen LogP contribution is -2.22. The van der Waals surface area contributed by atoms with Crippen LogP contribution in [0.25, 0.3) is 0 Å². The number of hydrogen-bond donors (Lipinski definition) is 0. The van der Waals surface area contributed by atoms with Gasteiger partial charge in [-0.05, 0) is 44.6 Å². The zero-order chi connectivity index (χ0) is 11.7. The van der Waals surface area contributed by atoms with Crippen LogP contribution >= 0.6 is 0 Å². The van der Waals surface area contributed by atoms with Gasteiger partial charge in [0.1, 0.15) is 0 Å². The van der Waals surface area contributed by atoms with E-state index in [0.29, 0.717) is 6.42 Å². The smallest absolute Gasteiger partial charge is 0.172 e. The number of ketones is 2. The molecule has 2 nitrogen and oxygen atoms in total. The minimum Gasteiger partial charge on any atom is -0.294 e. The third-order valence-electron chi connectivity index (χ3n) is 4.53. The average molecular weight is 216 g/mol. The summed E-state index contributed by atoms with van der Waals surface area (Å²) in [5, 5.41) is 0. The molecule has 1 spiro atoms. The molecule has 0 radical (unpaired) electrons. The van der Waals surface area contributed by atoms with Gasteiger partial charge in [-0.15, -0.1) is 0 Å². The maximum absolute atomic E-state index is 12.3. The fraction of sp³-hybridized carbons (Fsp3) is 0.571. The number of carbonyl (C=O) groups is 2. The van der Waals surface area contributed by atoms with Gasteiger partial charge in [0.25, 0.3) is 0 Å². The molecular formula is C14H16O2. The van der Waals surface area contributed by atoms with Crippen LogP contribution in [0.4, 0.5) is 0 Å². The van der Waals surface area contributed by atoms with Gasteiger partial charge in [-0.1, -0.05) is 6.08 Å². The van der Waals surface area contributed by atoms with Crippen LogP contribution in [0.5, 0.6) is 0 Å². The van der Waals surface area contributed by atoms with Crippen molar-refractivity contribution in [2.45, 2.75) is 40.0 Å². The molecule has 3 aliphatic rings.